The largest absolute Gasteiger partial charge is 0.496 e. The Morgan fingerprint density at radius 3 is 2.31 bits per heavy atom. The minimum Gasteiger partial charge on any atom is -0.496 e. The number of carbonyl (C=O) groups excluding carboxylic acids is 1. The first-order valence-corrected chi connectivity index (χ1v) is 14.1. The van der Waals surface area contributed by atoms with Crippen molar-refractivity contribution in [2.75, 3.05) is 13.7 Å². The number of nitrogens with zero attached hydrogens (tertiary/aromatic N) is 2. The average molecular weight is 563 g/mol. The fraction of sp³-hybridized carbons (Fsp3) is 0.229. The van der Waals surface area contributed by atoms with Gasteiger partial charge >= 0.3 is 5.97 Å². The van der Waals surface area contributed by atoms with Crippen LogP contribution in [0, 0.1) is 12.7 Å². The number of benzene rings is 3. The summed E-state index contributed by atoms with van der Waals surface area (Å²) in [4.78, 5) is 17.3. The molecule has 6 nitrogen and oxygen atoms in total. The van der Waals surface area contributed by atoms with E-state index in [9.17, 15) is 9.18 Å². The van der Waals surface area contributed by atoms with Gasteiger partial charge in [0.25, 0.3) is 0 Å². The van der Waals surface area contributed by atoms with Gasteiger partial charge in [-0.05, 0) is 73.7 Å². The van der Waals surface area contributed by atoms with Crippen LogP contribution in [-0.4, -0.2) is 29.8 Å². The lowest BCUT2D eigenvalue weighted by Gasteiger charge is -2.14. The van der Waals surface area contributed by atoms with Gasteiger partial charge in [0.15, 0.2) is 5.76 Å². The van der Waals surface area contributed by atoms with Crippen molar-refractivity contribution in [2.45, 2.75) is 38.5 Å². The Morgan fingerprint density at radius 2 is 1.64 bits per heavy atom. The van der Waals surface area contributed by atoms with Gasteiger partial charge in [-0.2, -0.15) is 0 Å². The van der Waals surface area contributed by atoms with Crippen molar-refractivity contribution in [1.82, 2.24) is 10.1 Å². The van der Waals surface area contributed by atoms with Crippen molar-refractivity contribution < 1.29 is 23.2 Å². The number of halogens is 1. The molecule has 1 saturated carbocycles. The highest BCUT2D eigenvalue weighted by Gasteiger charge is 2.52. The van der Waals surface area contributed by atoms with Gasteiger partial charge in [-0.25, -0.2) is 4.39 Å². The summed E-state index contributed by atoms with van der Waals surface area (Å²) in [6, 6.07) is 26.4. The molecular formula is C35H31FN2O4. The molecule has 3 aromatic carbocycles. The van der Waals surface area contributed by atoms with E-state index in [4.69, 9.17) is 19.0 Å². The van der Waals surface area contributed by atoms with Crippen LogP contribution in [0.2, 0.25) is 0 Å². The summed E-state index contributed by atoms with van der Waals surface area (Å²) in [5.74, 6) is 0.771. The summed E-state index contributed by atoms with van der Waals surface area (Å²) < 4.78 is 30.5. The standard InChI is InChI=1S/C35H31FN2O4/c1-4-41-34(39)35(18-19-35)26-14-12-24(13-15-26)23-8-10-25(11-9-23)33-29(22(2)38-42-33)21-28-6-5-7-31(37-28)30-20-27(36)16-17-32(30)40-3/h5-17,20H,4,18-19,21H2,1-3H3. The number of methoxy groups -OCH3 is 1. The first-order valence-electron chi connectivity index (χ1n) is 14.1. The van der Waals surface area contributed by atoms with E-state index in [-0.39, 0.29) is 11.8 Å². The summed E-state index contributed by atoms with van der Waals surface area (Å²) in [6.45, 7) is 4.15. The van der Waals surface area contributed by atoms with Gasteiger partial charge in [-0.3, -0.25) is 9.78 Å². The number of ether oxygens (including phenoxy) is 2. The molecule has 1 aliphatic carbocycles. The van der Waals surface area contributed by atoms with E-state index in [2.05, 4.69) is 29.4 Å². The number of carbonyl (C=O) groups is 1. The van der Waals surface area contributed by atoms with Crippen LogP contribution in [0.15, 0.2) is 89.5 Å². The van der Waals surface area contributed by atoms with E-state index in [1.807, 2.05) is 56.3 Å². The lowest BCUT2D eigenvalue weighted by Crippen LogP contribution is -2.23. The highest BCUT2D eigenvalue weighted by atomic mass is 19.1. The van der Waals surface area contributed by atoms with Crippen LogP contribution in [0.5, 0.6) is 5.75 Å². The first-order chi connectivity index (χ1) is 20.4. The maximum Gasteiger partial charge on any atom is 0.316 e. The molecular weight excluding hydrogens is 531 g/mol. The molecule has 0 bridgehead atoms. The smallest absolute Gasteiger partial charge is 0.316 e. The number of rotatable bonds is 9. The Labute approximate surface area is 244 Å². The molecule has 0 spiro atoms. The molecule has 0 amide bonds. The van der Waals surface area contributed by atoms with Gasteiger partial charge in [-0.15, -0.1) is 0 Å². The lowest BCUT2D eigenvalue weighted by atomic mass is 9.93. The highest BCUT2D eigenvalue weighted by molar-refractivity contribution is 5.87. The summed E-state index contributed by atoms with van der Waals surface area (Å²) in [5.41, 5.74) is 7.33. The van der Waals surface area contributed by atoms with Crippen LogP contribution in [0.4, 0.5) is 4.39 Å². The Kier molecular flexibility index (Phi) is 7.33. The second-order valence-corrected chi connectivity index (χ2v) is 10.6. The third-order valence-electron chi connectivity index (χ3n) is 7.92. The Morgan fingerprint density at radius 1 is 0.952 bits per heavy atom. The second kappa shape index (κ2) is 11.2. The number of pyridine rings is 1. The quantitative estimate of drug-likeness (QED) is 0.171. The van der Waals surface area contributed by atoms with E-state index in [1.54, 1.807) is 13.2 Å². The molecule has 6 rings (SSSR count). The van der Waals surface area contributed by atoms with E-state index in [1.165, 1.54) is 12.1 Å². The molecule has 0 N–H and O–H groups in total. The topological polar surface area (TPSA) is 74.5 Å². The normalized spacial score (nSPS) is 13.5. The van der Waals surface area contributed by atoms with Crippen LogP contribution >= 0.6 is 0 Å². The molecule has 0 saturated heterocycles. The van der Waals surface area contributed by atoms with Crippen LogP contribution in [0.1, 0.15) is 42.3 Å². The number of hydrogen-bond acceptors (Lipinski definition) is 6. The van der Waals surface area contributed by atoms with E-state index in [0.717, 1.165) is 52.0 Å². The Bertz CT molecular complexity index is 1740. The number of esters is 1. The summed E-state index contributed by atoms with van der Waals surface area (Å²) in [5, 5.41) is 4.25. The zero-order valence-corrected chi connectivity index (χ0v) is 23.8. The SMILES string of the molecule is CCOC(=O)C1(c2ccc(-c3ccc(-c4onc(C)c4Cc4cccc(-c5cc(F)ccc5OC)n4)cc3)cc2)CC1. The number of aromatic nitrogens is 2. The molecule has 0 radical (unpaired) electrons. The van der Waals surface area contributed by atoms with Gasteiger partial charge in [0.05, 0.1) is 30.5 Å². The molecule has 42 heavy (non-hydrogen) atoms. The first kappa shape index (κ1) is 27.4. The van der Waals surface area contributed by atoms with Crippen LogP contribution in [0.25, 0.3) is 33.7 Å². The third kappa shape index (κ3) is 5.18. The lowest BCUT2D eigenvalue weighted by molar-refractivity contribution is -0.146. The average Bonchev–Trinajstić information content (AvgIpc) is 3.76. The predicted molar refractivity (Wildman–Crippen MR) is 159 cm³/mol. The minimum absolute atomic E-state index is 0.129. The molecule has 0 atom stereocenters. The van der Waals surface area contributed by atoms with E-state index < -0.39 is 5.41 Å². The molecule has 5 aromatic rings. The van der Waals surface area contributed by atoms with Gasteiger partial charge in [0.1, 0.15) is 11.6 Å². The van der Waals surface area contributed by atoms with Crippen molar-refractivity contribution in [2.24, 2.45) is 0 Å². The van der Waals surface area contributed by atoms with Crippen molar-refractivity contribution in [3.63, 3.8) is 0 Å². The van der Waals surface area contributed by atoms with Crippen molar-refractivity contribution in [1.29, 1.82) is 0 Å². The highest BCUT2D eigenvalue weighted by Crippen LogP contribution is 2.49. The van der Waals surface area contributed by atoms with Crippen LogP contribution in [0.3, 0.4) is 0 Å². The maximum absolute atomic E-state index is 14.0. The zero-order valence-electron chi connectivity index (χ0n) is 23.8. The van der Waals surface area contributed by atoms with Crippen molar-refractivity contribution >= 4 is 5.97 Å². The second-order valence-electron chi connectivity index (χ2n) is 10.6. The molecule has 2 aromatic heterocycles. The zero-order chi connectivity index (χ0) is 29.3. The Hall–Kier alpha value is -4.78. The molecule has 2 heterocycles. The summed E-state index contributed by atoms with van der Waals surface area (Å²) in [6.07, 6.45) is 2.16. The van der Waals surface area contributed by atoms with E-state index in [0.29, 0.717) is 35.8 Å². The minimum atomic E-state index is -0.476. The van der Waals surface area contributed by atoms with Gasteiger partial charge in [-0.1, -0.05) is 59.8 Å². The monoisotopic (exact) mass is 562 g/mol. The van der Waals surface area contributed by atoms with Gasteiger partial charge in [0.2, 0.25) is 0 Å². The van der Waals surface area contributed by atoms with Gasteiger partial charge in [0, 0.05) is 28.8 Å². The Balaban J connectivity index is 1.23. The van der Waals surface area contributed by atoms with Crippen molar-refractivity contribution in [3.05, 3.63) is 113 Å². The predicted octanol–water partition coefficient (Wildman–Crippen LogP) is 7.71. The van der Waals surface area contributed by atoms with Crippen molar-refractivity contribution in [3.8, 4) is 39.5 Å². The molecule has 1 fully saturated rings. The fourth-order valence-corrected chi connectivity index (χ4v) is 5.41. The molecule has 0 unspecified atom stereocenters. The van der Waals surface area contributed by atoms with Crippen LogP contribution < -0.4 is 4.74 Å². The number of aryl methyl sites for hydroxylation is 1. The number of hydrogen-bond donors (Lipinski definition) is 0. The third-order valence-corrected chi connectivity index (χ3v) is 7.92. The molecule has 7 heteroatoms. The molecule has 1 aliphatic rings. The fourth-order valence-electron chi connectivity index (χ4n) is 5.41. The van der Waals surface area contributed by atoms with E-state index >= 15 is 0 Å². The maximum atomic E-state index is 14.0. The molecule has 0 aliphatic heterocycles. The summed E-state index contributed by atoms with van der Waals surface area (Å²) in [7, 11) is 1.56. The molecule has 212 valence electrons. The summed E-state index contributed by atoms with van der Waals surface area (Å²) >= 11 is 0. The van der Waals surface area contributed by atoms with Crippen LogP contribution in [-0.2, 0) is 21.4 Å². The van der Waals surface area contributed by atoms with Gasteiger partial charge < -0.3 is 14.0 Å².